The molecule has 2 aliphatic heterocycles. The van der Waals surface area contributed by atoms with Crippen LogP contribution in [0.4, 0.5) is 40.6 Å². The van der Waals surface area contributed by atoms with E-state index in [0.29, 0.717) is 55.9 Å². The summed E-state index contributed by atoms with van der Waals surface area (Å²) in [6.45, 7) is 5.30. The van der Waals surface area contributed by atoms with Crippen LogP contribution in [0, 0.1) is 5.82 Å². The van der Waals surface area contributed by atoms with Gasteiger partial charge in [-0.3, -0.25) is 0 Å². The van der Waals surface area contributed by atoms with E-state index in [0.717, 1.165) is 24.6 Å². The molecule has 202 valence electrons. The van der Waals surface area contributed by atoms with Gasteiger partial charge in [-0.15, -0.1) is 0 Å². The standard InChI is InChI=1S/C25H26ClF4N7O/c1-14(16-11-15(31)12-18(21(16)27)25(28,29)30)33-22-17-13-37(6-4-19(17)34-24(26)35-22)23-20(3-2-5-32-23)36-7-9-38-10-8-36/h2-3,5,11-12,14H,4,6-10,13,31H2,1H3,(H,33,34,35)/t14-/m1/s1. The summed E-state index contributed by atoms with van der Waals surface area (Å²) in [7, 11) is 0. The quantitative estimate of drug-likeness (QED) is 0.264. The molecule has 1 aromatic carbocycles. The molecular formula is C25H26ClF4N7O. The van der Waals surface area contributed by atoms with Gasteiger partial charge in [-0.05, 0) is 42.8 Å². The Morgan fingerprint density at radius 1 is 1.13 bits per heavy atom. The molecule has 1 fully saturated rings. The number of fused-ring (bicyclic) bond motifs is 1. The molecule has 0 spiro atoms. The van der Waals surface area contributed by atoms with Gasteiger partial charge < -0.3 is 25.6 Å². The number of nitrogens with zero attached hydrogens (tertiary/aromatic N) is 5. The average Bonchev–Trinajstić information content (AvgIpc) is 2.89. The lowest BCUT2D eigenvalue weighted by molar-refractivity contribution is -0.140. The van der Waals surface area contributed by atoms with Gasteiger partial charge in [0.2, 0.25) is 5.28 Å². The van der Waals surface area contributed by atoms with Crippen molar-refractivity contribution in [3.05, 3.63) is 63.9 Å². The molecule has 0 amide bonds. The number of alkyl halides is 3. The zero-order valence-corrected chi connectivity index (χ0v) is 21.3. The highest BCUT2D eigenvalue weighted by molar-refractivity contribution is 6.28. The summed E-state index contributed by atoms with van der Waals surface area (Å²) >= 11 is 6.18. The number of anilines is 4. The van der Waals surface area contributed by atoms with Crippen molar-refractivity contribution in [1.29, 1.82) is 0 Å². The molecule has 0 bridgehead atoms. The summed E-state index contributed by atoms with van der Waals surface area (Å²) in [6.07, 6.45) is -2.60. The fraction of sp³-hybridized carbons (Fsp3) is 0.400. The second-order valence-electron chi connectivity index (χ2n) is 9.22. The molecule has 5 rings (SSSR count). The van der Waals surface area contributed by atoms with Crippen molar-refractivity contribution in [3.8, 4) is 0 Å². The second kappa shape index (κ2) is 10.4. The van der Waals surface area contributed by atoms with E-state index in [9.17, 15) is 17.6 Å². The highest BCUT2D eigenvalue weighted by atomic mass is 35.5. The van der Waals surface area contributed by atoms with Crippen LogP contribution in [0.2, 0.25) is 5.28 Å². The van der Waals surface area contributed by atoms with Crippen molar-refractivity contribution < 1.29 is 22.3 Å². The first kappa shape index (κ1) is 26.2. The Morgan fingerprint density at radius 3 is 2.63 bits per heavy atom. The molecule has 0 aliphatic carbocycles. The zero-order valence-electron chi connectivity index (χ0n) is 20.5. The number of hydrogen-bond donors (Lipinski definition) is 2. The van der Waals surface area contributed by atoms with Crippen LogP contribution >= 0.6 is 11.6 Å². The van der Waals surface area contributed by atoms with Crippen molar-refractivity contribution in [1.82, 2.24) is 15.0 Å². The van der Waals surface area contributed by atoms with Gasteiger partial charge in [0.05, 0.1) is 36.2 Å². The molecule has 1 saturated heterocycles. The summed E-state index contributed by atoms with van der Waals surface area (Å²) < 4.78 is 60.5. The smallest absolute Gasteiger partial charge is 0.399 e. The zero-order chi connectivity index (χ0) is 27.0. The van der Waals surface area contributed by atoms with E-state index >= 15 is 0 Å². The van der Waals surface area contributed by atoms with Crippen molar-refractivity contribution >= 4 is 34.6 Å². The number of hydrogen-bond acceptors (Lipinski definition) is 8. The lowest BCUT2D eigenvalue weighted by Gasteiger charge is -2.35. The molecular weight excluding hydrogens is 526 g/mol. The number of morpholine rings is 1. The van der Waals surface area contributed by atoms with Gasteiger partial charge in [-0.1, -0.05) is 0 Å². The molecule has 0 saturated carbocycles. The molecule has 0 radical (unpaired) electrons. The number of nitrogens with one attached hydrogen (secondary N) is 1. The minimum atomic E-state index is -4.88. The van der Waals surface area contributed by atoms with Crippen LogP contribution in [0.1, 0.15) is 35.3 Å². The van der Waals surface area contributed by atoms with Gasteiger partial charge in [-0.2, -0.15) is 13.2 Å². The number of aromatic nitrogens is 3. The summed E-state index contributed by atoms with van der Waals surface area (Å²) in [5.41, 5.74) is 6.26. The number of nitrogens with two attached hydrogens (primary N) is 1. The minimum absolute atomic E-state index is 0.0113. The van der Waals surface area contributed by atoms with Crippen molar-refractivity contribution in [2.24, 2.45) is 0 Å². The van der Waals surface area contributed by atoms with E-state index in [4.69, 9.17) is 22.1 Å². The number of halogens is 5. The predicted octanol–water partition coefficient (Wildman–Crippen LogP) is 4.84. The molecule has 2 aromatic heterocycles. The SMILES string of the molecule is C[C@@H](Nc1nc(Cl)nc2c1CN(c1ncccc1N1CCOCC1)CC2)c1cc(N)cc(C(F)(F)F)c1F. The third kappa shape index (κ3) is 5.28. The maximum atomic E-state index is 14.9. The van der Waals surface area contributed by atoms with Crippen LogP contribution in [0.25, 0.3) is 0 Å². The molecule has 2 aliphatic rings. The van der Waals surface area contributed by atoms with Gasteiger partial charge >= 0.3 is 6.18 Å². The van der Waals surface area contributed by atoms with E-state index in [1.807, 2.05) is 12.1 Å². The van der Waals surface area contributed by atoms with Crippen LogP contribution in [0.3, 0.4) is 0 Å². The fourth-order valence-corrected chi connectivity index (χ4v) is 5.03. The first-order chi connectivity index (χ1) is 18.1. The van der Waals surface area contributed by atoms with Gasteiger partial charge in [0, 0.05) is 55.6 Å². The third-order valence-corrected chi connectivity index (χ3v) is 6.87. The summed E-state index contributed by atoms with van der Waals surface area (Å²) in [5.74, 6) is -0.270. The highest BCUT2D eigenvalue weighted by Crippen LogP contribution is 2.38. The Hall–Kier alpha value is -3.38. The molecule has 1 atom stereocenters. The maximum Gasteiger partial charge on any atom is 0.419 e. The number of benzene rings is 1. The fourth-order valence-electron chi connectivity index (χ4n) is 4.84. The Morgan fingerprint density at radius 2 is 1.89 bits per heavy atom. The topological polar surface area (TPSA) is 92.4 Å². The van der Waals surface area contributed by atoms with Crippen LogP contribution in [0.15, 0.2) is 30.5 Å². The third-order valence-electron chi connectivity index (χ3n) is 6.70. The predicted molar refractivity (Wildman–Crippen MR) is 137 cm³/mol. The molecule has 0 unspecified atom stereocenters. The number of nitrogen functional groups attached to an aromatic ring is 1. The molecule has 4 heterocycles. The number of pyridine rings is 1. The maximum absolute atomic E-state index is 14.9. The van der Waals surface area contributed by atoms with Crippen molar-refractivity contribution in [2.75, 3.05) is 53.7 Å². The lowest BCUT2D eigenvalue weighted by atomic mass is 10.0. The molecule has 38 heavy (non-hydrogen) atoms. The lowest BCUT2D eigenvalue weighted by Crippen LogP contribution is -2.39. The van der Waals surface area contributed by atoms with Gasteiger partial charge in [-0.25, -0.2) is 19.3 Å². The van der Waals surface area contributed by atoms with Gasteiger partial charge in [0.25, 0.3) is 0 Å². The summed E-state index contributed by atoms with van der Waals surface area (Å²) in [6, 6.07) is 4.78. The average molecular weight is 552 g/mol. The number of rotatable bonds is 5. The van der Waals surface area contributed by atoms with E-state index in [1.54, 1.807) is 6.20 Å². The first-order valence-corrected chi connectivity index (χ1v) is 12.5. The van der Waals surface area contributed by atoms with Crippen LogP contribution in [-0.4, -0.2) is 47.8 Å². The van der Waals surface area contributed by atoms with E-state index in [2.05, 4.69) is 30.1 Å². The molecule has 3 aromatic rings. The van der Waals surface area contributed by atoms with E-state index < -0.39 is 23.6 Å². The Labute approximate surface area is 221 Å². The van der Waals surface area contributed by atoms with Crippen molar-refractivity contribution in [3.63, 3.8) is 0 Å². The minimum Gasteiger partial charge on any atom is -0.399 e. The van der Waals surface area contributed by atoms with Crippen LogP contribution in [0.5, 0.6) is 0 Å². The van der Waals surface area contributed by atoms with Crippen LogP contribution in [-0.2, 0) is 23.9 Å². The monoisotopic (exact) mass is 551 g/mol. The highest BCUT2D eigenvalue weighted by Gasteiger charge is 2.36. The largest absolute Gasteiger partial charge is 0.419 e. The normalized spacial score (nSPS) is 16.8. The second-order valence-corrected chi connectivity index (χ2v) is 9.56. The van der Waals surface area contributed by atoms with Crippen LogP contribution < -0.4 is 20.9 Å². The first-order valence-electron chi connectivity index (χ1n) is 12.1. The molecule has 13 heteroatoms. The summed E-state index contributed by atoms with van der Waals surface area (Å²) in [5, 5.41) is 3.04. The Balaban J connectivity index is 1.46. The van der Waals surface area contributed by atoms with Gasteiger partial charge in [0.15, 0.2) is 5.82 Å². The molecule has 3 N–H and O–H groups in total. The Kier molecular flexibility index (Phi) is 7.19. The van der Waals surface area contributed by atoms with E-state index in [1.165, 1.54) is 13.0 Å². The van der Waals surface area contributed by atoms with E-state index in [-0.39, 0.29) is 16.5 Å². The van der Waals surface area contributed by atoms with Crippen molar-refractivity contribution in [2.45, 2.75) is 32.1 Å². The number of ether oxygens (including phenoxy) is 1. The molecule has 8 nitrogen and oxygen atoms in total. The van der Waals surface area contributed by atoms with Gasteiger partial charge in [0.1, 0.15) is 11.6 Å². The Bertz CT molecular complexity index is 1330. The summed E-state index contributed by atoms with van der Waals surface area (Å²) in [4.78, 5) is 17.6.